The molecule has 1 saturated carbocycles. The zero-order valence-corrected chi connectivity index (χ0v) is 15.5. The number of benzene rings is 3. The van der Waals surface area contributed by atoms with Crippen LogP contribution in [0.25, 0.3) is 0 Å². The van der Waals surface area contributed by atoms with E-state index < -0.39 is 4.92 Å². The van der Waals surface area contributed by atoms with E-state index in [0.717, 1.165) is 16.7 Å². The van der Waals surface area contributed by atoms with Crippen LogP contribution in [0, 0.1) is 23.0 Å². The summed E-state index contributed by atoms with van der Waals surface area (Å²) in [6.45, 7) is 1.83. The van der Waals surface area contributed by atoms with E-state index in [2.05, 4.69) is 29.6 Å². The van der Waals surface area contributed by atoms with Crippen molar-refractivity contribution in [2.45, 2.75) is 18.8 Å². The fourth-order valence-electron chi connectivity index (χ4n) is 3.93. The van der Waals surface area contributed by atoms with Gasteiger partial charge in [-0.2, -0.15) is 0 Å². The number of hydrogen-bond acceptors (Lipinski definition) is 3. The summed E-state index contributed by atoms with van der Waals surface area (Å²) < 4.78 is 0. The predicted molar refractivity (Wildman–Crippen MR) is 108 cm³/mol. The summed E-state index contributed by atoms with van der Waals surface area (Å²) in [7, 11) is 0. The Morgan fingerprint density at radius 1 is 1.00 bits per heavy atom. The third-order valence-electron chi connectivity index (χ3n) is 5.55. The Morgan fingerprint density at radius 3 is 2.11 bits per heavy atom. The first kappa shape index (κ1) is 17.9. The highest BCUT2D eigenvalue weighted by molar-refractivity contribution is 5.97. The molecule has 0 saturated heterocycles. The van der Waals surface area contributed by atoms with Crippen LogP contribution in [0.5, 0.6) is 0 Å². The van der Waals surface area contributed by atoms with E-state index >= 15 is 0 Å². The molecule has 3 aromatic rings. The summed E-state index contributed by atoms with van der Waals surface area (Å²) in [5.74, 6) is -0.340. The third kappa shape index (κ3) is 3.05. The largest absolute Gasteiger partial charge is 0.325 e. The molecule has 1 aliphatic rings. The van der Waals surface area contributed by atoms with E-state index in [1.165, 1.54) is 12.1 Å². The van der Waals surface area contributed by atoms with Crippen LogP contribution in [-0.2, 0) is 10.2 Å². The lowest BCUT2D eigenvalue weighted by atomic mass is 9.85. The smallest absolute Gasteiger partial charge is 0.271 e. The van der Waals surface area contributed by atoms with Crippen molar-refractivity contribution in [3.63, 3.8) is 0 Å². The Balaban J connectivity index is 1.66. The molecule has 0 spiro atoms. The molecule has 1 amide bonds. The summed E-state index contributed by atoms with van der Waals surface area (Å²) in [6, 6.07) is 24.6. The summed E-state index contributed by atoms with van der Waals surface area (Å²) in [6.07, 6.45) is 0.709. The maximum absolute atomic E-state index is 13.1. The Hall–Kier alpha value is -3.47. The molecule has 4 rings (SSSR count). The highest BCUT2D eigenvalue weighted by atomic mass is 16.6. The van der Waals surface area contributed by atoms with Gasteiger partial charge in [0.1, 0.15) is 0 Å². The second-order valence-electron chi connectivity index (χ2n) is 7.21. The predicted octanol–water partition coefficient (Wildman–Crippen LogP) is 4.85. The van der Waals surface area contributed by atoms with Crippen molar-refractivity contribution in [1.29, 1.82) is 0 Å². The van der Waals surface area contributed by atoms with Gasteiger partial charge >= 0.3 is 0 Å². The van der Waals surface area contributed by atoms with E-state index in [0.29, 0.717) is 12.1 Å². The number of non-ortho nitro benzene ring substituents is 1. The van der Waals surface area contributed by atoms with Gasteiger partial charge in [-0.1, -0.05) is 66.7 Å². The monoisotopic (exact) mass is 372 g/mol. The van der Waals surface area contributed by atoms with Gasteiger partial charge in [0.05, 0.1) is 16.5 Å². The van der Waals surface area contributed by atoms with E-state index in [1.807, 2.05) is 43.3 Å². The van der Waals surface area contributed by atoms with Crippen molar-refractivity contribution in [2.24, 2.45) is 5.92 Å². The van der Waals surface area contributed by atoms with Crippen molar-refractivity contribution >= 4 is 17.3 Å². The number of amides is 1. The van der Waals surface area contributed by atoms with Gasteiger partial charge in [-0.3, -0.25) is 14.9 Å². The topological polar surface area (TPSA) is 72.2 Å². The number of rotatable bonds is 5. The van der Waals surface area contributed by atoms with Crippen LogP contribution in [0.4, 0.5) is 11.4 Å². The van der Waals surface area contributed by atoms with Crippen molar-refractivity contribution in [3.8, 4) is 0 Å². The highest BCUT2D eigenvalue weighted by Gasteiger charge is 2.60. The standard InChI is InChI=1S/C23H20N2O3/c1-16-12-13-19(25(27)28)14-21(16)24-22(26)20-15-23(20,17-8-4-2-5-9-17)18-10-6-3-7-11-18/h2-14,20H,15H2,1H3,(H,24,26). The SMILES string of the molecule is Cc1ccc([N+](=O)[O-])cc1NC(=O)C1CC1(c1ccccc1)c1ccccc1. The lowest BCUT2D eigenvalue weighted by Gasteiger charge is -2.19. The molecular weight excluding hydrogens is 352 g/mol. The number of nitro benzene ring substituents is 1. The lowest BCUT2D eigenvalue weighted by Crippen LogP contribution is -2.22. The number of aryl methyl sites for hydroxylation is 1. The minimum atomic E-state index is -0.454. The average molecular weight is 372 g/mol. The van der Waals surface area contributed by atoms with Gasteiger partial charge in [0.15, 0.2) is 0 Å². The molecular formula is C23H20N2O3. The van der Waals surface area contributed by atoms with E-state index in [1.54, 1.807) is 6.07 Å². The molecule has 3 aromatic carbocycles. The molecule has 1 atom stereocenters. The van der Waals surface area contributed by atoms with Gasteiger partial charge < -0.3 is 5.32 Å². The van der Waals surface area contributed by atoms with Crippen LogP contribution in [0.15, 0.2) is 78.9 Å². The van der Waals surface area contributed by atoms with Crippen LogP contribution in [0.3, 0.4) is 0 Å². The molecule has 5 nitrogen and oxygen atoms in total. The Bertz CT molecular complexity index is 993. The van der Waals surface area contributed by atoms with E-state index in [-0.39, 0.29) is 22.9 Å². The van der Waals surface area contributed by atoms with Crippen LogP contribution in [0.2, 0.25) is 0 Å². The summed E-state index contributed by atoms with van der Waals surface area (Å²) in [5, 5.41) is 14.0. The molecule has 140 valence electrons. The minimum Gasteiger partial charge on any atom is -0.325 e. The van der Waals surface area contributed by atoms with Gasteiger partial charge in [-0.15, -0.1) is 0 Å². The first-order valence-corrected chi connectivity index (χ1v) is 9.19. The molecule has 0 aromatic heterocycles. The van der Waals surface area contributed by atoms with Gasteiger partial charge in [0.25, 0.3) is 5.69 Å². The van der Waals surface area contributed by atoms with Crippen LogP contribution < -0.4 is 5.32 Å². The Morgan fingerprint density at radius 2 is 1.57 bits per heavy atom. The second-order valence-corrected chi connectivity index (χ2v) is 7.21. The summed E-state index contributed by atoms with van der Waals surface area (Å²) >= 11 is 0. The number of nitrogens with one attached hydrogen (secondary N) is 1. The molecule has 0 aliphatic heterocycles. The maximum Gasteiger partial charge on any atom is 0.271 e. The number of nitrogens with zero attached hydrogens (tertiary/aromatic N) is 1. The van der Waals surface area contributed by atoms with Crippen molar-refractivity contribution in [1.82, 2.24) is 0 Å². The van der Waals surface area contributed by atoms with Gasteiger partial charge in [-0.05, 0) is 30.0 Å². The first-order chi connectivity index (χ1) is 13.5. The molecule has 1 unspecified atom stereocenters. The zero-order valence-electron chi connectivity index (χ0n) is 15.5. The Kier molecular flexibility index (Phi) is 4.43. The quantitative estimate of drug-likeness (QED) is 0.514. The normalized spacial score (nSPS) is 17.0. The fourth-order valence-corrected chi connectivity index (χ4v) is 3.93. The third-order valence-corrected chi connectivity index (χ3v) is 5.55. The van der Waals surface area contributed by atoms with E-state index in [9.17, 15) is 14.9 Å². The minimum absolute atomic E-state index is 0.0333. The summed E-state index contributed by atoms with van der Waals surface area (Å²) in [4.78, 5) is 23.7. The molecule has 5 heteroatoms. The zero-order chi connectivity index (χ0) is 19.7. The van der Waals surface area contributed by atoms with Gasteiger partial charge in [-0.25, -0.2) is 0 Å². The Labute approximate surface area is 163 Å². The molecule has 0 radical (unpaired) electrons. The molecule has 28 heavy (non-hydrogen) atoms. The molecule has 1 fully saturated rings. The first-order valence-electron chi connectivity index (χ1n) is 9.19. The van der Waals surface area contributed by atoms with Crippen LogP contribution in [-0.4, -0.2) is 10.8 Å². The fraction of sp³-hybridized carbons (Fsp3) is 0.174. The number of hydrogen-bond donors (Lipinski definition) is 1. The maximum atomic E-state index is 13.1. The molecule has 0 heterocycles. The highest BCUT2D eigenvalue weighted by Crippen LogP contribution is 2.59. The van der Waals surface area contributed by atoms with Crippen molar-refractivity contribution in [3.05, 3.63) is 106 Å². The summed E-state index contributed by atoms with van der Waals surface area (Å²) in [5.41, 5.74) is 3.11. The molecule has 1 aliphatic carbocycles. The van der Waals surface area contributed by atoms with E-state index in [4.69, 9.17) is 0 Å². The number of nitro groups is 1. The van der Waals surface area contributed by atoms with Gasteiger partial charge in [0.2, 0.25) is 5.91 Å². The number of anilines is 1. The average Bonchev–Trinajstić information content (AvgIpc) is 3.48. The van der Waals surface area contributed by atoms with Gasteiger partial charge in [0, 0.05) is 17.5 Å². The molecule has 0 bridgehead atoms. The second kappa shape index (κ2) is 6.93. The van der Waals surface area contributed by atoms with Crippen LogP contribution in [0.1, 0.15) is 23.1 Å². The van der Waals surface area contributed by atoms with Crippen molar-refractivity contribution < 1.29 is 9.72 Å². The molecule has 1 N–H and O–H groups in total. The lowest BCUT2D eigenvalue weighted by molar-refractivity contribution is -0.384. The van der Waals surface area contributed by atoms with Crippen LogP contribution >= 0.6 is 0 Å². The van der Waals surface area contributed by atoms with Crippen molar-refractivity contribution in [2.75, 3.05) is 5.32 Å². The number of carbonyl (C=O) groups excluding carboxylic acids is 1. The number of carbonyl (C=O) groups is 1.